The molecule has 0 unspecified atom stereocenters. The van der Waals surface area contributed by atoms with Crippen LogP contribution in [-0.4, -0.2) is 55.7 Å². The van der Waals surface area contributed by atoms with Crippen LogP contribution in [0.4, 0.5) is 0 Å². The van der Waals surface area contributed by atoms with Gasteiger partial charge in [0.05, 0.1) is 4.91 Å². The van der Waals surface area contributed by atoms with E-state index in [1.807, 2.05) is 0 Å². The van der Waals surface area contributed by atoms with Gasteiger partial charge < -0.3 is 18.9 Å². The van der Waals surface area contributed by atoms with Crippen molar-refractivity contribution in [2.24, 2.45) is 0 Å². The van der Waals surface area contributed by atoms with Crippen LogP contribution in [0.5, 0.6) is 0 Å². The third-order valence-electron chi connectivity index (χ3n) is 2.91. The third-order valence-corrected chi connectivity index (χ3v) is 5.60. The van der Waals surface area contributed by atoms with Crippen molar-refractivity contribution in [3.63, 3.8) is 0 Å². The summed E-state index contributed by atoms with van der Waals surface area (Å²) in [5.41, 5.74) is 0. The lowest BCUT2D eigenvalue weighted by atomic mass is 10.1. The number of methoxy groups -OCH3 is 1. The van der Waals surface area contributed by atoms with Crippen molar-refractivity contribution in [3.8, 4) is 0 Å². The van der Waals surface area contributed by atoms with Crippen molar-refractivity contribution in [1.29, 1.82) is 0 Å². The van der Waals surface area contributed by atoms with Gasteiger partial charge in [-0.25, -0.2) is 0 Å². The van der Waals surface area contributed by atoms with E-state index in [9.17, 15) is 9.59 Å². The quantitative estimate of drug-likeness (QED) is 0.717. The minimum Gasteiger partial charge on any atom is -0.463 e. The zero-order valence-electron chi connectivity index (χ0n) is 12.1. The molecular formula is C13H18O6S2. The van der Waals surface area contributed by atoms with E-state index in [2.05, 4.69) is 0 Å². The second-order valence-corrected chi connectivity index (χ2v) is 6.77. The topological polar surface area (TPSA) is 71.1 Å². The molecule has 118 valence electrons. The predicted molar refractivity (Wildman–Crippen MR) is 79.8 cm³/mol. The van der Waals surface area contributed by atoms with Crippen molar-refractivity contribution in [3.05, 3.63) is 9.81 Å². The van der Waals surface area contributed by atoms with Crippen LogP contribution < -0.4 is 0 Å². The molecule has 6 nitrogen and oxygen atoms in total. The molecule has 0 N–H and O–H groups in total. The molecule has 0 aliphatic carbocycles. The molecular weight excluding hydrogens is 316 g/mol. The fourth-order valence-electron chi connectivity index (χ4n) is 2.11. The molecule has 2 heterocycles. The van der Waals surface area contributed by atoms with Gasteiger partial charge in [-0.15, -0.1) is 23.5 Å². The molecule has 0 amide bonds. The number of ether oxygens (including phenoxy) is 4. The van der Waals surface area contributed by atoms with Crippen molar-refractivity contribution in [1.82, 2.24) is 0 Å². The lowest BCUT2D eigenvalue weighted by Gasteiger charge is -2.39. The second kappa shape index (κ2) is 7.53. The maximum Gasteiger partial charge on any atom is 0.303 e. The summed E-state index contributed by atoms with van der Waals surface area (Å²) in [4.78, 5) is 24.3. The van der Waals surface area contributed by atoms with E-state index in [1.165, 1.54) is 13.8 Å². The van der Waals surface area contributed by atoms with Gasteiger partial charge in [0, 0.05) is 37.4 Å². The Kier molecular flexibility index (Phi) is 5.98. The monoisotopic (exact) mass is 334 g/mol. The van der Waals surface area contributed by atoms with Gasteiger partial charge in [0.25, 0.3) is 0 Å². The number of thioether (sulfide) groups is 2. The number of carbonyl (C=O) groups is 2. The lowest BCUT2D eigenvalue weighted by Crippen LogP contribution is -2.46. The van der Waals surface area contributed by atoms with Gasteiger partial charge in [-0.05, 0) is 0 Å². The summed E-state index contributed by atoms with van der Waals surface area (Å²) < 4.78 is 21.6. The smallest absolute Gasteiger partial charge is 0.303 e. The van der Waals surface area contributed by atoms with Gasteiger partial charge in [-0.2, -0.15) is 0 Å². The van der Waals surface area contributed by atoms with Crippen LogP contribution in [0, 0.1) is 0 Å². The highest BCUT2D eigenvalue weighted by Crippen LogP contribution is 2.44. The Labute approximate surface area is 131 Å². The summed E-state index contributed by atoms with van der Waals surface area (Å²) in [5.74, 6) is 1.08. The molecule has 0 spiro atoms. The van der Waals surface area contributed by atoms with Crippen molar-refractivity contribution >= 4 is 35.5 Å². The van der Waals surface area contributed by atoms with E-state index in [0.29, 0.717) is 0 Å². The highest BCUT2D eigenvalue weighted by molar-refractivity contribution is 8.10. The molecule has 0 aromatic heterocycles. The summed E-state index contributed by atoms with van der Waals surface area (Å²) in [5, 5.41) is 0. The maximum absolute atomic E-state index is 11.4. The van der Waals surface area contributed by atoms with E-state index in [-0.39, 0.29) is 6.61 Å². The van der Waals surface area contributed by atoms with Crippen LogP contribution in [0.3, 0.4) is 0 Å². The zero-order valence-corrected chi connectivity index (χ0v) is 13.8. The highest BCUT2D eigenvalue weighted by Gasteiger charge is 2.42. The molecule has 0 aromatic rings. The summed E-state index contributed by atoms with van der Waals surface area (Å²) in [6.07, 6.45) is -1.63. The molecule has 0 saturated carbocycles. The van der Waals surface area contributed by atoms with Crippen LogP contribution >= 0.6 is 23.5 Å². The first kappa shape index (κ1) is 16.7. The van der Waals surface area contributed by atoms with Crippen LogP contribution in [-0.2, 0) is 28.5 Å². The van der Waals surface area contributed by atoms with Gasteiger partial charge >= 0.3 is 11.9 Å². The molecule has 2 aliphatic rings. The minimum atomic E-state index is -0.562. The molecule has 0 saturated heterocycles. The van der Waals surface area contributed by atoms with Crippen LogP contribution in [0.1, 0.15) is 13.8 Å². The normalized spacial score (nSPS) is 28.8. The average molecular weight is 334 g/mol. The fourth-order valence-corrected chi connectivity index (χ4v) is 4.72. The predicted octanol–water partition coefficient (Wildman–Crippen LogP) is 1.54. The van der Waals surface area contributed by atoms with Gasteiger partial charge in [-0.1, -0.05) is 0 Å². The largest absolute Gasteiger partial charge is 0.463 e. The summed E-state index contributed by atoms with van der Waals surface area (Å²) in [6.45, 7) is 2.70. The summed E-state index contributed by atoms with van der Waals surface area (Å²) in [7, 11) is 1.56. The van der Waals surface area contributed by atoms with Crippen LogP contribution in [0.2, 0.25) is 0 Å². The molecule has 0 aromatic carbocycles. The van der Waals surface area contributed by atoms with E-state index < -0.39 is 30.4 Å². The Morgan fingerprint density at radius 1 is 1.19 bits per heavy atom. The summed E-state index contributed by atoms with van der Waals surface area (Å²) >= 11 is 3.28. The number of carbonyl (C=O) groups excluding carboxylic acids is 2. The number of esters is 2. The van der Waals surface area contributed by atoms with Crippen molar-refractivity contribution in [2.75, 3.05) is 25.2 Å². The van der Waals surface area contributed by atoms with E-state index in [4.69, 9.17) is 18.9 Å². The maximum atomic E-state index is 11.4. The second-order valence-electron chi connectivity index (χ2n) is 4.50. The van der Waals surface area contributed by atoms with Gasteiger partial charge in [0.15, 0.2) is 12.4 Å². The van der Waals surface area contributed by atoms with Crippen molar-refractivity contribution < 1.29 is 28.5 Å². The molecule has 2 rings (SSSR count). The molecule has 3 atom stereocenters. The Morgan fingerprint density at radius 2 is 1.86 bits per heavy atom. The highest BCUT2D eigenvalue weighted by atomic mass is 32.2. The molecule has 0 radical (unpaired) electrons. The Balaban J connectivity index is 2.25. The van der Waals surface area contributed by atoms with Gasteiger partial charge in [0.2, 0.25) is 0 Å². The first-order valence-electron chi connectivity index (χ1n) is 6.51. The molecule has 0 bridgehead atoms. The third kappa shape index (κ3) is 4.15. The van der Waals surface area contributed by atoms with Gasteiger partial charge in [-0.3, -0.25) is 9.59 Å². The Bertz CT molecular complexity index is 450. The van der Waals surface area contributed by atoms with E-state index in [0.717, 1.165) is 21.3 Å². The fraction of sp³-hybridized carbons (Fsp3) is 0.692. The standard InChI is InChI=1S/C13H18O6S2/c1-7(14)17-6-9-10(18-8(2)15)11-12(13(16-3)19-9)21-5-4-20-11/h9-10,13H,4-6H2,1-3H3/t9-,10-,13+/m0/s1. The Hall–Kier alpha value is -0.700. The SMILES string of the molecule is CO[C@@H]1O[C@@H](COC(C)=O)[C@H](OC(C)=O)C2=C1SCCS2. The summed E-state index contributed by atoms with van der Waals surface area (Å²) in [6, 6.07) is 0. The number of hydrogen-bond acceptors (Lipinski definition) is 8. The number of hydrogen-bond donors (Lipinski definition) is 0. The lowest BCUT2D eigenvalue weighted by molar-refractivity contribution is -0.192. The zero-order chi connectivity index (χ0) is 15.4. The first-order valence-corrected chi connectivity index (χ1v) is 8.48. The van der Waals surface area contributed by atoms with Gasteiger partial charge in [0.1, 0.15) is 12.7 Å². The van der Waals surface area contributed by atoms with E-state index >= 15 is 0 Å². The first-order chi connectivity index (χ1) is 10.0. The van der Waals surface area contributed by atoms with Crippen LogP contribution in [0.25, 0.3) is 0 Å². The minimum absolute atomic E-state index is 0.0230. The van der Waals surface area contributed by atoms with Crippen LogP contribution in [0.15, 0.2) is 9.81 Å². The van der Waals surface area contributed by atoms with E-state index in [1.54, 1.807) is 30.6 Å². The molecule has 2 aliphatic heterocycles. The molecule has 8 heteroatoms. The average Bonchev–Trinajstić information content (AvgIpc) is 2.45. The van der Waals surface area contributed by atoms with Crippen molar-refractivity contribution in [2.45, 2.75) is 32.3 Å². The number of rotatable bonds is 4. The Morgan fingerprint density at radius 3 is 2.43 bits per heavy atom. The molecule has 0 fully saturated rings. The molecule has 21 heavy (non-hydrogen) atoms.